The van der Waals surface area contributed by atoms with Crippen molar-refractivity contribution in [3.8, 4) is 0 Å². The Labute approximate surface area is 85.6 Å². The minimum absolute atomic E-state index is 0.951. The Morgan fingerprint density at radius 3 is 2.64 bits per heavy atom. The van der Waals surface area contributed by atoms with Crippen LogP contribution in [0.4, 0.5) is 0 Å². The van der Waals surface area contributed by atoms with E-state index >= 15 is 0 Å². The van der Waals surface area contributed by atoms with Gasteiger partial charge in [-0.1, -0.05) is 49.1 Å². The molecule has 0 atom stereocenters. The van der Waals surface area contributed by atoms with Crippen LogP contribution in [0.25, 0.3) is 6.08 Å². The molecule has 0 aliphatic rings. The van der Waals surface area contributed by atoms with E-state index in [0.717, 1.165) is 5.57 Å². The molecule has 0 unspecified atom stereocenters. The predicted molar refractivity (Wildman–Crippen MR) is 62.9 cm³/mol. The van der Waals surface area contributed by atoms with Crippen molar-refractivity contribution in [3.05, 3.63) is 72.0 Å². The Morgan fingerprint density at radius 2 is 2.00 bits per heavy atom. The predicted octanol–water partition coefficient (Wildman–Crippen LogP) is 3.99. The minimum Gasteiger partial charge on any atom is -0.125 e. The van der Waals surface area contributed by atoms with Crippen LogP contribution in [-0.4, -0.2) is 0 Å². The molecule has 0 saturated heterocycles. The van der Waals surface area contributed by atoms with Gasteiger partial charge in [0.25, 0.3) is 0 Å². The van der Waals surface area contributed by atoms with Gasteiger partial charge >= 0.3 is 0 Å². The van der Waals surface area contributed by atoms with Crippen molar-refractivity contribution in [1.82, 2.24) is 0 Å². The van der Waals surface area contributed by atoms with Crippen molar-refractivity contribution >= 4 is 6.08 Å². The smallest absolute Gasteiger partial charge is 0.0137 e. The van der Waals surface area contributed by atoms with E-state index in [1.807, 2.05) is 49.4 Å². The third-order valence-corrected chi connectivity index (χ3v) is 1.72. The Morgan fingerprint density at radius 1 is 1.29 bits per heavy atom. The molecular weight excluding hydrogens is 168 g/mol. The standard InChI is InChI=1S/C14H14/c1-3-4-8-13(2)11-12-14-9-6-5-7-10-14/h3,5-12H,2H2,1H3/b12-11+. The summed E-state index contributed by atoms with van der Waals surface area (Å²) in [6.45, 7) is 5.82. The Kier molecular flexibility index (Phi) is 4.26. The topological polar surface area (TPSA) is 0 Å². The molecule has 0 nitrogen and oxygen atoms in total. The van der Waals surface area contributed by atoms with Crippen LogP contribution in [0, 0.1) is 0 Å². The third-order valence-electron chi connectivity index (χ3n) is 1.72. The normalized spacial score (nSPS) is 9.50. The van der Waals surface area contributed by atoms with E-state index in [1.165, 1.54) is 5.56 Å². The molecular formula is C14H14. The van der Waals surface area contributed by atoms with Gasteiger partial charge in [0, 0.05) is 0 Å². The first-order valence-corrected chi connectivity index (χ1v) is 4.62. The first kappa shape index (κ1) is 10.3. The van der Waals surface area contributed by atoms with Crippen molar-refractivity contribution in [3.63, 3.8) is 0 Å². The van der Waals surface area contributed by atoms with Crippen molar-refractivity contribution in [1.29, 1.82) is 0 Å². The molecule has 1 aromatic carbocycles. The van der Waals surface area contributed by atoms with E-state index < -0.39 is 0 Å². The van der Waals surface area contributed by atoms with Crippen molar-refractivity contribution in [2.24, 2.45) is 0 Å². The van der Waals surface area contributed by atoms with Crippen molar-refractivity contribution in [2.75, 3.05) is 0 Å². The summed E-state index contributed by atoms with van der Waals surface area (Å²) in [5.74, 6) is 0. The average Bonchev–Trinajstić information content (AvgIpc) is 2.25. The van der Waals surface area contributed by atoms with Crippen LogP contribution in [0.1, 0.15) is 12.5 Å². The Hall–Kier alpha value is -1.78. The Balaban J connectivity index is 2.65. The van der Waals surface area contributed by atoms with Crippen LogP contribution in [0.5, 0.6) is 0 Å². The van der Waals surface area contributed by atoms with Gasteiger partial charge in [-0.2, -0.15) is 0 Å². The number of allylic oxidation sites excluding steroid dienone is 3. The fraction of sp³-hybridized carbons (Fsp3) is 0.0714. The molecule has 0 spiro atoms. The average molecular weight is 182 g/mol. The molecule has 14 heavy (non-hydrogen) atoms. The molecule has 0 radical (unpaired) electrons. The molecule has 1 aromatic rings. The van der Waals surface area contributed by atoms with Gasteiger partial charge in [0.1, 0.15) is 0 Å². The van der Waals surface area contributed by atoms with Gasteiger partial charge in [-0.05, 0) is 30.2 Å². The van der Waals surface area contributed by atoms with Gasteiger partial charge in [0.15, 0.2) is 0 Å². The number of benzene rings is 1. The van der Waals surface area contributed by atoms with E-state index in [1.54, 1.807) is 0 Å². The molecule has 0 heterocycles. The molecule has 0 aromatic heterocycles. The largest absolute Gasteiger partial charge is 0.125 e. The number of hydrogen-bond donors (Lipinski definition) is 0. The minimum atomic E-state index is 0.951. The molecule has 0 heteroatoms. The van der Waals surface area contributed by atoms with Gasteiger partial charge in [0.05, 0.1) is 0 Å². The first-order valence-electron chi connectivity index (χ1n) is 4.62. The van der Waals surface area contributed by atoms with Crippen LogP contribution < -0.4 is 0 Å². The summed E-state index contributed by atoms with van der Waals surface area (Å²) in [4.78, 5) is 0. The molecule has 0 saturated carbocycles. The first-order chi connectivity index (χ1) is 6.83. The lowest BCUT2D eigenvalue weighted by molar-refractivity contribution is 1.65. The zero-order valence-corrected chi connectivity index (χ0v) is 8.40. The lowest BCUT2D eigenvalue weighted by atomic mass is 10.2. The fourth-order valence-electron chi connectivity index (χ4n) is 1.01. The van der Waals surface area contributed by atoms with E-state index in [4.69, 9.17) is 0 Å². The van der Waals surface area contributed by atoms with Crippen LogP contribution in [0.2, 0.25) is 0 Å². The van der Waals surface area contributed by atoms with E-state index in [-0.39, 0.29) is 0 Å². The SMILES string of the molecule is C=C(C=C=CC)/C=C/c1ccccc1. The number of rotatable bonds is 3. The molecule has 0 bridgehead atoms. The van der Waals surface area contributed by atoms with Gasteiger partial charge in [0.2, 0.25) is 0 Å². The monoisotopic (exact) mass is 182 g/mol. The fourth-order valence-corrected chi connectivity index (χ4v) is 1.01. The van der Waals surface area contributed by atoms with Crippen LogP contribution in [0.3, 0.4) is 0 Å². The molecule has 70 valence electrons. The molecule has 0 aliphatic carbocycles. The maximum atomic E-state index is 3.88. The van der Waals surface area contributed by atoms with Crippen LogP contribution >= 0.6 is 0 Å². The second-order valence-corrected chi connectivity index (χ2v) is 2.92. The van der Waals surface area contributed by atoms with Gasteiger partial charge in [-0.25, -0.2) is 0 Å². The molecule has 0 aliphatic heterocycles. The van der Waals surface area contributed by atoms with Crippen molar-refractivity contribution < 1.29 is 0 Å². The highest BCUT2D eigenvalue weighted by Crippen LogP contribution is 2.04. The highest BCUT2D eigenvalue weighted by Gasteiger charge is 1.82. The summed E-state index contributed by atoms with van der Waals surface area (Å²) < 4.78 is 0. The Bertz CT molecular complexity index is 374. The zero-order chi connectivity index (χ0) is 10.2. The zero-order valence-electron chi connectivity index (χ0n) is 8.40. The number of hydrogen-bond acceptors (Lipinski definition) is 0. The summed E-state index contributed by atoms with van der Waals surface area (Å²) in [5, 5.41) is 0. The maximum Gasteiger partial charge on any atom is -0.0137 e. The van der Waals surface area contributed by atoms with Gasteiger partial charge < -0.3 is 0 Å². The van der Waals surface area contributed by atoms with Gasteiger partial charge in [-0.15, -0.1) is 5.73 Å². The molecule has 0 fully saturated rings. The third kappa shape index (κ3) is 3.75. The second kappa shape index (κ2) is 5.80. The summed E-state index contributed by atoms with van der Waals surface area (Å²) in [6.07, 6.45) is 7.74. The summed E-state index contributed by atoms with van der Waals surface area (Å²) in [6, 6.07) is 10.2. The van der Waals surface area contributed by atoms with Gasteiger partial charge in [-0.3, -0.25) is 0 Å². The lowest BCUT2D eigenvalue weighted by Gasteiger charge is -1.90. The van der Waals surface area contributed by atoms with Crippen LogP contribution in [-0.2, 0) is 0 Å². The highest BCUT2D eigenvalue weighted by molar-refractivity contribution is 5.53. The summed E-state index contributed by atoms with van der Waals surface area (Å²) in [7, 11) is 0. The van der Waals surface area contributed by atoms with E-state index in [2.05, 4.69) is 24.4 Å². The molecule has 0 amide bonds. The quantitative estimate of drug-likeness (QED) is 0.490. The van der Waals surface area contributed by atoms with Crippen LogP contribution in [0.15, 0.2) is 66.4 Å². The summed E-state index contributed by atoms with van der Waals surface area (Å²) in [5.41, 5.74) is 5.12. The molecule has 1 rings (SSSR count). The summed E-state index contributed by atoms with van der Waals surface area (Å²) >= 11 is 0. The maximum absolute atomic E-state index is 3.88. The van der Waals surface area contributed by atoms with E-state index in [9.17, 15) is 0 Å². The van der Waals surface area contributed by atoms with E-state index in [0.29, 0.717) is 0 Å². The van der Waals surface area contributed by atoms with Crippen molar-refractivity contribution in [2.45, 2.75) is 6.92 Å². The highest BCUT2D eigenvalue weighted by atomic mass is 13.9. The lowest BCUT2D eigenvalue weighted by Crippen LogP contribution is -1.69. The second-order valence-electron chi connectivity index (χ2n) is 2.92. The molecule has 0 N–H and O–H groups in total.